The number of nitrogen functional groups attached to an aromatic ring is 1. The number of aromatic nitrogens is 3. The van der Waals surface area contributed by atoms with Crippen molar-refractivity contribution in [3.8, 4) is 0 Å². The molecule has 2 aromatic rings. The summed E-state index contributed by atoms with van der Waals surface area (Å²) in [7, 11) is -3.87. The Morgan fingerprint density at radius 3 is 2.45 bits per heavy atom. The Morgan fingerprint density at radius 1 is 1.20 bits per heavy atom. The Labute approximate surface area is 116 Å². The van der Waals surface area contributed by atoms with Crippen LogP contribution in [0.1, 0.15) is 11.4 Å². The van der Waals surface area contributed by atoms with Crippen molar-refractivity contribution in [1.29, 1.82) is 0 Å². The van der Waals surface area contributed by atoms with Crippen LogP contribution in [-0.2, 0) is 10.0 Å². The third-order valence-electron chi connectivity index (χ3n) is 2.44. The second-order valence-electron chi connectivity index (χ2n) is 4.10. The van der Waals surface area contributed by atoms with Crippen molar-refractivity contribution < 1.29 is 8.42 Å². The molecular weight excluding hydrogens is 280 g/mol. The summed E-state index contributed by atoms with van der Waals surface area (Å²) in [6.45, 7) is 3.51. The molecule has 0 aromatic carbocycles. The first-order valence-electron chi connectivity index (χ1n) is 5.68. The molecule has 0 amide bonds. The molecule has 20 heavy (non-hydrogen) atoms. The van der Waals surface area contributed by atoms with Gasteiger partial charge in [0, 0.05) is 23.8 Å². The molecule has 2 aromatic heterocycles. The van der Waals surface area contributed by atoms with Gasteiger partial charge in [-0.1, -0.05) is 0 Å². The number of sulfonamides is 1. The lowest BCUT2D eigenvalue weighted by molar-refractivity contribution is 0.600. The maximum Gasteiger partial charge on any atom is 0.267 e. The lowest BCUT2D eigenvalue weighted by atomic mass is 10.4. The zero-order valence-corrected chi connectivity index (χ0v) is 11.8. The molecule has 4 N–H and O–H groups in total. The molecule has 0 bridgehead atoms. The molecule has 0 saturated heterocycles. The van der Waals surface area contributed by atoms with E-state index in [2.05, 4.69) is 25.1 Å². The summed E-state index contributed by atoms with van der Waals surface area (Å²) in [6.07, 6.45) is 2.63. The van der Waals surface area contributed by atoms with Crippen molar-refractivity contribution in [3.05, 3.63) is 35.9 Å². The van der Waals surface area contributed by atoms with Crippen molar-refractivity contribution >= 4 is 21.7 Å². The summed E-state index contributed by atoms with van der Waals surface area (Å²) in [5.74, 6) is 5.30. The smallest absolute Gasteiger partial charge is 0.267 e. The van der Waals surface area contributed by atoms with Gasteiger partial charge >= 0.3 is 0 Å². The largest absolute Gasteiger partial charge is 0.323 e. The lowest BCUT2D eigenvalue weighted by Gasteiger charge is -2.10. The number of hydrogen-bond donors (Lipinski definition) is 3. The summed E-state index contributed by atoms with van der Waals surface area (Å²) in [6, 6.07) is 3.20. The zero-order chi connectivity index (χ0) is 14.8. The van der Waals surface area contributed by atoms with E-state index in [1.54, 1.807) is 19.9 Å². The molecule has 106 valence electrons. The second-order valence-corrected chi connectivity index (χ2v) is 5.75. The van der Waals surface area contributed by atoms with Crippen LogP contribution in [0, 0.1) is 13.8 Å². The van der Waals surface area contributed by atoms with Crippen LogP contribution in [0.2, 0.25) is 0 Å². The Hall–Kier alpha value is -2.26. The van der Waals surface area contributed by atoms with Gasteiger partial charge in [-0.05, 0) is 26.0 Å². The van der Waals surface area contributed by atoms with E-state index in [1.165, 1.54) is 18.5 Å². The third kappa shape index (κ3) is 3.00. The van der Waals surface area contributed by atoms with E-state index in [4.69, 9.17) is 5.84 Å². The highest BCUT2D eigenvalue weighted by molar-refractivity contribution is 7.92. The van der Waals surface area contributed by atoms with Crippen LogP contribution in [0.15, 0.2) is 29.4 Å². The summed E-state index contributed by atoms with van der Waals surface area (Å²) in [5.41, 5.74) is 3.87. The molecule has 0 fully saturated rings. The Kier molecular flexibility index (Phi) is 3.81. The van der Waals surface area contributed by atoms with Crippen molar-refractivity contribution in [2.24, 2.45) is 5.84 Å². The van der Waals surface area contributed by atoms with Gasteiger partial charge in [-0.3, -0.25) is 10.8 Å². The standard InChI is InChI=1S/C11H14N6O2S/c1-7-5-8(2)15-11(14-7)17-20(18,19)10-6-13-4-3-9(10)16-12/h3-6H,12H2,1-2H3,(H,13,16)(H,14,15,17). The Balaban J connectivity index is 2.41. The minimum absolute atomic E-state index is 0.00863. The van der Waals surface area contributed by atoms with Crippen molar-refractivity contribution in [2.75, 3.05) is 10.1 Å². The van der Waals surface area contributed by atoms with Crippen LogP contribution in [-0.4, -0.2) is 23.4 Å². The van der Waals surface area contributed by atoms with Gasteiger partial charge in [0.25, 0.3) is 10.0 Å². The van der Waals surface area contributed by atoms with Crippen LogP contribution in [0.3, 0.4) is 0 Å². The molecule has 2 rings (SSSR count). The van der Waals surface area contributed by atoms with Gasteiger partial charge in [0.1, 0.15) is 4.90 Å². The first kappa shape index (κ1) is 14.2. The monoisotopic (exact) mass is 294 g/mol. The Bertz CT molecular complexity index is 711. The SMILES string of the molecule is Cc1cc(C)nc(NS(=O)(=O)c2cnccc2NN)n1. The van der Waals surface area contributed by atoms with Gasteiger partial charge < -0.3 is 5.43 Å². The molecule has 9 heteroatoms. The minimum atomic E-state index is -3.87. The summed E-state index contributed by atoms with van der Waals surface area (Å²) < 4.78 is 26.9. The van der Waals surface area contributed by atoms with Crippen LogP contribution in [0.5, 0.6) is 0 Å². The van der Waals surface area contributed by atoms with Gasteiger partial charge in [0.05, 0.1) is 5.69 Å². The number of nitrogens with one attached hydrogen (secondary N) is 2. The number of nitrogens with zero attached hydrogens (tertiary/aromatic N) is 3. The van der Waals surface area contributed by atoms with Gasteiger partial charge in [-0.15, -0.1) is 0 Å². The van der Waals surface area contributed by atoms with E-state index in [9.17, 15) is 8.42 Å². The average molecular weight is 294 g/mol. The zero-order valence-electron chi connectivity index (χ0n) is 11.0. The van der Waals surface area contributed by atoms with Crippen LogP contribution < -0.4 is 16.0 Å². The highest BCUT2D eigenvalue weighted by Crippen LogP contribution is 2.20. The van der Waals surface area contributed by atoms with E-state index in [1.807, 2.05) is 0 Å². The number of aryl methyl sites for hydroxylation is 2. The maximum absolute atomic E-state index is 12.3. The first-order chi connectivity index (χ1) is 9.42. The molecule has 8 nitrogen and oxygen atoms in total. The average Bonchev–Trinajstić information content (AvgIpc) is 2.36. The molecule has 0 unspecified atom stereocenters. The number of anilines is 2. The van der Waals surface area contributed by atoms with E-state index in [-0.39, 0.29) is 16.5 Å². The molecule has 0 aliphatic rings. The van der Waals surface area contributed by atoms with Crippen LogP contribution >= 0.6 is 0 Å². The maximum atomic E-state index is 12.3. The fourth-order valence-corrected chi connectivity index (χ4v) is 2.72. The number of rotatable bonds is 4. The highest BCUT2D eigenvalue weighted by Gasteiger charge is 2.20. The number of hydrazine groups is 1. The molecule has 0 radical (unpaired) electrons. The van der Waals surface area contributed by atoms with Gasteiger partial charge in [0.2, 0.25) is 5.95 Å². The molecular formula is C11H14N6O2S. The van der Waals surface area contributed by atoms with Crippen LogP contribution in [0.25, 0.3) is 0 Å². The van der Waals surface area contributed by atoms with Crippen molar-refractivity contribution in [3.63, 3.8) is 0 Å². The van der Waals surface area contributed by atoms with Crippen LogP contribution in [0.4, 0.5) is 11.6 Å². The van der Waals surface area contributed by atoms with Gasteiger partial charge in [-0.25, -0.2) is 23.1 Å². The molecule has 2 heterocycles. The number of pyridine rings is 1. The lowest BCUT2D eigenvalue weighted by Crippen LogP contribution is -2.19. The predicted octanol–water partition coefficient (Wildman–Crippen LogP) is 0.575. The second kappa shape index (κ2) is 5.39. The van der Waals surface area contributed by atoms with Crippen molar-refractivity contribution in [1.82, 2.24) is 15.0 Å². The van der Waals surface area contributed by atoms with E-state index >= 15 is 0 Å². The topological polar surface area (TPSA) is 123 Å². The van der Waals surface area contributed by atoms with Gasteiger partial charge in [0.15, 0.2) is 0 Å². The number of nitrogens with two attached hydrogens (primary N) is 1. The summed E-state index contributed by atoms with van der Waals surface area (Å²) >= 11 is 0. The number of hydrogen-bond acceptors (Lipinski definition) is 7. The van der Waals surface area contributed by atoms with Crippen molar-refractivity contribution in [2.45, 2.75) is 18.7 Å². The summed E-state index contributed by atoms with van der Waals surface area (Å²) in [5, 5.41) is 0. The van der Waals surface area contributed by atoms with E-state index in [0.717, 1.165) is 0 Å². The predicted molar refractivity (Wildman–Crippen MR) is 74.4 cm³/mol. The minimum Gasteiger partial charge on any atom is -0.323 e. The van der Waals surface area contributed by atoms with E-state index in [0.29, 0.717) is 11.4 Å². The normalized spacial score (nSPS) is 11.2. The molecule has 0 saturated carbocycles. The highest BCUT2D eigenvalue weighted by atomic mass is 32.2. The van der Waals surface area contributed by atoms with Gasteiger partial charge in [-0.2, -0.15) is 0 Å². The fraction of sp³-hybridized carbons (Fsp3) is 0.182. The van der Waals surface area contributed by atoms with E-state index < -0.39 is 10.0 Å². The first-order valence-corrected chi connectivity index (χ1v) is 7.16. The molecule has 0 atom stereocenters. The quantitative estimate of drug-likeness (QED) is 0.556. The third-order valence-corrected chi connectivity index (χ3v) is 3.79. The Morgan fingerprint density at radius 2 is 1.85 bits per heavy atom. The molecule has 0 spiro atoms. The summed E-state index contributed by atoms with van der Waals surface area (Å²) in [4.78, 5) is 11.8. The fourth-order valence-electron chi connectivity index (χ4n) is 1.66. The molecule has 0 aliphatic carbocycles. The molecule has 0 aliphatic heterocycles.